The molecule has 1 N–H and O–H groups in total. The molecule has 0 heterocycles. The molecular formula is C11H15N. The van der Waals surface area contributed by atoms with Gasteiger partial charge in [-0.25, -0.2) is 0 Å². The smallest absolute Gasteiger partial charge is 0.0209 e. The average Bonchev–Trinajstić information content (AvgIpc) is 2.07. The lowest BCUT2D eigenvalue weighted by Gasteiger charge is -2.15. The lowest BCUT2D eigenvalue weighted by Crippen LogP contribution is -2.07. The largest absolute Gasteiger partial charge is 0.312 e. The standard InChI is InChI=1S/C11H15N/c1-9(2)11(8-12)10-6-4-3-5-7-10/h3-9,11-12H,1-2H3. The molecule has 0 aliphatic heterocycles. The molecule has 0 aliphatic carbocycles. The first-order valence-electron chi connectivity index (χ1n) is 4.31. The minimum atomic E-state index is 0.270. The molecule has 0 saturated heterocycles. The summed E-state index contributed by atoms with van der Waals surface area (Å²) in [5.41, 5.74) is 1.24. The highest BCUT2D eigenvalue weighted by Gasteiger charge is 2.11. The zero-order valence-corrected chi connectivity index (χ0v) is 7.62. The van der Waals surface area contributed by atoms with Crippen molar-refractivity contribution in [3.63, 3.8) is 0 Å². The van der Waals surface area contributed by atoms with Crippen LogP contribution in [0.15, 0.2) is 30.3 Å². The fraction of sp³-hybridized carbons (Fsp3) is 0.364. The lowest BCUT2D eigenvalue weighted by atomic mass is 9.90. The third-order valence-corrected chi connectivity index (χ3v) is 2.08. The highest BCUT2D eigenvalue weighted by Crippen LogP contribution is 2.21. The van der Waals surface area contributed by atoms with Crippen molar-refractivity contribution in [3.8, 4) is 0 Å². The predicted octanol–water partition coefficient (Wildman–Crippen LogP) is 3.08. The second kappa shape index (κ2) is 4.05. The normalized spacial score (nSPS) is 12.9. The van der Waals surface area contributed by atoms with Crippen molar-refractivity contribution in [1.82, 2.24) is 0 Å². The van der Waals surface area contributed by atoms with E-state index in [0.717, 1.165) is 0 Å². The summed E-state index contributed by atoms with van der Waals surface area (Å²) in [6.45, 7) is 4.28. The van der Waals surface area contributed by atoms with Crippen molar-refractivity contribution in [1.29, 1.82) is 5.41 Å². The van der Waals surface area contributed by atoms with Crippen molar-refractivity contribution >= 4 is 6.21 Å². The summed E-state index contributed by atoms with van der Waals surface area (Å²) in [4.78, 5) is 0. The predicted molar refractivity (Wildman–Crippen MR) is 52.8 cm³/mol. The van der Waals surface area contributed by atoms with Crippen LogP contribution in [-0.2, 0) is 0 Å². The summed E-state index contributed by atoms with van der Waals surface area (Å²) >= 11 is 0. The third kappa shape index (κ3) is 1.94. The molecule has 1 aromatic carbocycles. The molecule has 0 saturated carbocycles. The van der Waals surface area contributed by atoms with E-state index in [1.54, 1.807) is 0 Å². The van der Waals surface area contributed by atoms with Gasteiger partial charge < -0.3 is 5.41 Å². The molecule has 0 spiro atoms. The molecule has 1 atom stereocenters. The van der Waals surface area contributed by atoms with Gasteiger partial charge >= 0.3 is 0 Å². The minimum Gasteiger partial charge on any atom is -0.312 e. The molecule has 0 fully saturated rings. The van der Waals surface area contributed by atoms with Gasteiger partial charge in [0, 0.05) is 12.1 Å². The van der Waals surface area contributed by atoms with Gasteiger partial charge in [-0.05, 0) is 11.5 Å². The summed E-state index contributed by atoms with van der Waals surface area (Å²) in [6.07, 6.45) is 1.53. The number of nitrogens with one attached hydrogen (secondary N) is 1. The van der Waals surface area contributed by atoms with Gasteiger partial charge in [0.15, 0.2) is 0 Å². The van der Waals surface area contributed by atoms with E-state index >= 15 is 0 Å². The summed E-state index contributed by atoms with van der Waals surface area (Å²) < 4.78 is 0. The first-order valence-corrected chi connectivity index (χ1v) is 4.31. The van der Waals surface area contributed by atoms with E-state index in [4.69, 9.17) is 5.41 Å². The van der Waals surface area contributed by atoms with Gasteiger partial charge in [0.25, 0.3) is 0 Å². The zero-order chi connectivity index (χ0) is 8.97. The van der Waals surface area contributed by atoms with Crippen LogP contribution in [-0.4, -0.2) is 6.21 Å². The molecule has 0 amide bonds. The third-order valence-electron chi connectivity index (χ3n) is 2.08. The Kier molecular flexibility index (Phi) is 3.03. The van der Waals surface area contributed by atoms with Crippen molar-refractivity contribution in [2.45, 2.75) is 19.8 Å². The Bertz CT molecular complexity index is 238. The number of hydrogen-bond acceptors (Lipinski definition) is 1. The highest BCUT2D eigenvalue weighted by atomic mass is 14.4. The van der Waals surface area contributed by atoms with Crippen molar-refractivity contribution in [2.24, 2.45) is 5.92 Å². The quantitative estimate of drug-likeness (QED) is 0.659. The molecule has 1 aromatic rings. The molecule has 0 bridgehead atoms. The summed E-state index contributed by atoms with van der Waals surface area (Å²) in [5.74, 6) is 0.774. The Labute approximate surface area is 73.9 Å². The summed E-state index contributed by atoms with van der Waals surface area (Å²) in [6, 6.07) is 10.2. The lowest BCUT2D eigenvalue weighted by molar-refractivity contribution is 0.609. The van der Waals surface area contributed by atoms with E-state index < -0.39 is 0 Å². The number of hydrogen-bond donors (Lipinski definition) is 1. The maximum Gasteiger partial charge on any atom is 0.0209 e. The molecule has 1 rings (SSSR count). The van der Waals surface area contributed by atoms with Gasteiger partial charge in [-0.15, -0.1) is 0 Å². The van der Waals surface area contributed by atoms with Gasteiger partial charge in [0.1, 0.15) is 0 Å². The summed E-state index contributed by atoms with van der Waals surface area (Å²) in [7, 11) is 0. The van der Waals surface area contributed by atoms with Crippen LogP contribution in [0.2, 0.25) is 0 Å². The van der Waals surface area contributed by atoms with E-state index in [1.807, 2.05) is 18.2 Å². The van der Waals surface area contributed by atoms with Gasteiger partial charge in [-0.3, -0.25) is 0 Å². The fourth-order valence-corrected chi connectivity index (χ4v) is 1.35. The Morgan fingerprint density at radius 2 is 1.75 bits per heavy atom. The van der Waals surface area contributed by atoms with E-state index in [1.165, 1.54) is 11.8 Å². The van der Waals surface area contributed by atoms with Gasteiger partial charge in [-0.2, -0.15) is 0 Å². The molecule has 0 radical (unpaired) electrons. The second-order valence-electron chi connectivity index (χ2n) is 3.35. The first-order chi connectivity index (χ1) is 5.75. The van der Waals surface area contributed by atoms with Crippen LogP contribution in [0.3, 0.4) is 0 Å². The molecule has 0 aromatic heterocycles. The number of rotatable bonds is 3. The molecule has 1 nitrogen and oxygen atoms in total. The van der Waals surface area contributed by atoms with E-state index in [9.17, 15) is 0 Å². The van der Waals surface area contributed by atoms with E-state index in [0.29, 0.717) is 5.92 Å². The molecule has 12 heavy (non-hydrogen) atoms. The van der Waals surface area contributed by atoms with Crippen molar-refractivity contribution in [2.75, 3.05) is 0 Å². The molecule has 1 heteroatoms. The Morgan fingerprint density at radius 1 is 1.17 bits per heavy atom. The molecule has 1 unspecified atom stereocenters. The van der Waals surface area contributed by atoms with Crippen molar-refractivity contribution in [3.05, 3.63) is 35.9 Å². The second-order valence-corrected chi connectivity index (χ2v) is 3.35. The Hall–Kier alpha value is -1.11. The highest BCUT2D eigenvalue weighted by molar-refractivity contribution is 5.65. The fourth-order valence-electron chi connectivity index (χ4n) is 1.35. The van der Waals surface area contributed by atoms with Crippen LogP contribution in [0.5, 0.6) is 0 Å². The van der Waals surface area contributed by atoms with Gasteiger partial charge in [-0.1, -0.05) is 44.2 Å². The van der Waals surface area contributed by atoms with Crippen LogP contribution in [0.4, 0.5) is 0 Å². The maximum absolute atomic E-state index is 7.30. The van der Waals surface area contributed by atoms with E-state index in [-0.39, 0.29) is 5.92 Å². The van der Waals surface area contributed by atoms with Crippen LogP contribution in [0, 0.1) is 11.3 Å². The minimum absolute atomic E-state index is 0.270. The SMILES string of the molecule is CC(C)C(C=N)c1ccccc1. The zero-order valence-electron chi connectivity index (χ0n) is 7.62. The first kappa shape index (κ1) is 8.98. The van der Waals surface area contributed by atoms with E-state index in [2.05, 4.69) is 26.0 Å². The summed E-state index contributed by atoms with van der Waals surface area (Å²) in [5, 5.41) is 7.30. The number of benzene rings is 1. The Balaban J connectivity index is 2.88. The molecular weight excluding hydrogens is 146 g/mol. The van der Waals surface area contributed by atoms with Crippen molar-refractivity contribution < 1.29 is 0 Å². The van der Waals surface area contributed by atoms with Crippen LogP contribution >= 0.6 is 0 Å². The maximum atomic E-state index is 7.30. The molecule has 0 aliphatic rings. The monoisotopic (exact) mass is 161 g/mol. The van der Waals surface area contributed by atoms with Crippen LogP contribution < -0.4 is 0 Å². The molecule has 64 valence electrons. The van der Waals surface area contributed by atoms with Gasteiger partial charge in [0.05, 0.1) is 0 Å². The average molecular weight is 161 g/mol. The van der Waals surface area contributed by atoms with Gasteiger partial charge in [0.2, 0.25) is 0 Å². The van der Waals surface area contributed by atoms with Crippen LogP contribution in [0.1, 0.15) is 25.3 Å². The topological polar surface area (TPSA) is 23.9 Å². The van der Waals surface area contributed by atoms with Crippen LogP contribution in [0.25, 0.3) is 0 Å². The Morgan fingerprint density at radius 3 is 2.17 bits per heavy atom.